The molecule has 0 bridgehead atoms. The normalized spacial score (nSPS) is 28.8. The van der Waals surface area contributed by atoms with Gasteiger partial charge in [0, 0.05) is 6.42 Å². The Kier molecular flexibility index (Phi) is 2.80. The average Bonchev–Trinajstić information content (AvgIpc) is 2.02. The van der Waals surface area contributed by atoms with Gasteiger partial charge in [0.1, 0.15) is 4.75 Å². The van der Waals surface area contributed by atoms with Crippen molar-refractivity contribution in [2.45, 2.75) is 17.8 Å². The molecule has 0 aromatic heterocycles. The van der Waals surface area contributed by atoms with Crippen LogP contribution < -0.4 is 0 Å². The fourth-order valence-corrected chi connectivity index (χ4v) is 1.95. The average molecular weight is 207 g/mol. The molecular formula is C9H10F3S. The van der Waals surface area contributed by atoms with Crippen LogP contribution in [0, 0.1) is 6.42 Å². The lowest BCUT2D eigenvalue weighted by Gasteiger charge is -2.30. The Hall–Kier alpha value is -0.380. The molecule has 13 heavy (non-hydrogen) atoms. The van der Waals surface area contributed by atoms with Gasteiger partial charge in [-0.1, -0.05) is 23.8 Å². The largest absolute Gasteiger partial charge is 0.410 e. The first-order valence-corrected chi connectivity index (χ1v) is 4.98. The second kappa shape index (κ2) is 3.40. The zero-order valence-corrected chi connectivity index (χ0v) is 8.17. The molecule has 0 saturated heterocycles. The van der Waals surface area contributed by atoms with Gasteiger partial charge in [-0.25, -0.2) is 0 Å². The van der Waals surface area contributed by atoms with Crippen LogP contribution in [0.2, 0.25) is 0 Å². The third kappa shape index (κ3) is 1.93. The molecule has 1 aliphatic carbocycles. The number of allylic oxidation sites excluding steroid dienone is 2. The summed E-state index contributed by atoms with van der Waals surface area (Å²) < 4.78 is 36.1. The number of rotatable bonds is 1. The molecular weight excluding hydrogens is 197 g/mol. The van der Waals surface area contributed by atoms with E-state index in [1.54, 1.807) is 13.3 Å². The van der Waals surface area contributed by atoms with E-state index in [1.165, 1.54) is 24.5 Å². The molecule has 0 N–H and O–H groups in total. The molecule has 0 aromatic carbocycles. The van der Waals surface area contributed by atoms with Crippen molar-refractivity contribution in [3.05, 3.63) is 30.2 Å². The van der Waals surface area contributed by atoms with Crippen molar-refractivity contribution in [2.75, 3.05) is 6.26 Å². The van der Waals surface area contributed by atoms with Crippen LogP contribution >= 0.6 is 11.8 Å². The Morgan fingerprint density at radius 1 is 1.38 bits per heavy atom. The summed E-state index contributed by atoms with van der Waals surface area (Å²) in [7, 11) is 0. The van der Waals surface area contributed by atoms with Crippen molar-refractivity contribution in [1.82, 2.24) is 0 Å². The number of alkyl halides is 3. The first kappa shape index (κ1) is 10.7. The van der Waals surface area contributed by atoms with E-state index in [4.69, 9.17) is 0 Å². The summed E-state index contributed by atoms with van der Waals surface area (Å²) in [6, 6.07) is 0. The molecule has 0 nitrogen and oxygen atoms in total. The Morgan fingerprint density at radius 2 is 2.00 bits per heavy atom. The van der Waals surface area contributed by atoms with Crippen LogP contribution in [-0.2, 0) is 0 Å². The maximum absolute atomic E-state index is 12.6. The lowest BCUT2D eigenvalue weighted by atomic mass is 9.97. The minimum absolute atomic E-state index is 0.647. The van der Waals surface area contributed by atoms with Gasteiger partial charge in [0.2, 0.25) is 0 Å². The maximum Gasteiger partial charge on any atom is 0.410 e. The molecule has 0 heterocycles. The second-order valence-corrected chi connectivity index (χ2v) is 3.99. The predicted molar refractivity (Wildman–Crippen MR) is 49.5 cm³/mol. The van der Waals surface area contributed by atoms with Gasteiger partial charge in [0.05, 0.1) is 0 Å². The van der Waals surface area contributed by atoms with Crippen molar-refractivity contribution in [1.29, 1.82) is 0 Å². The first-order chi connectivity index (χ1) is 5.91. The first-order valence-electron chi connectivity index (χ1n) is 3.75. The summed E-state index contributed by atoms with van der Waals surface area (Å²) in [5.74, 6) is 0. The predicted octanol–water partition coefficient (Wildman–Crippen LogP) is 3.37. The quantitative estimate of drug-likeness (QED) is 0.635. The molecule has 0 spiro atoms. The fraction of sp³-hybridized carbons (Fsp3) is 0.444. The number of hydrogen-bond acceptors (Lipinski definition) is 1. The van der Waals surface area contributed by atoms with Crippen LogP contribution in [0.1, 0.15) is 6.92 Å². The van der Waals surface area contributed by atoms with E-state index in [-0.39, 0.29) is 0 Å². The zero-order valence-electron chi connectivity index (χ0n) is 7.35. The molecule has 1 unspecified atom stereocenters. The van der Waals surface area contributed by atoms with E-state index in [0.29, 0.717) is 5.57 Å². The standard InChI is InChI=1S/C9H10F3S/c1-7-4-3-5-8(6-7,13-2)9(10,11)12/h3-6H,1-2H3. The summed E-state index contributed by atoms with van der Waals surface area (Å²) in [5, 5.41) is 0. The Bertz CT molecular complexity index is 252. The highest BCUT2D eigenvalue weighted by atomic mass is 32.2. The van der Waals surface area contributed by atoms with Crippen LogP contribution in [0.4, 0.5) is 13.2 Å². The molecule has 1 rings (SSSR count). The van der Waals surface area contributed by atoms with Gasteiger partial charge in [-0.15, -0.1) is 11.8 Å². The number of hydrogen-bond donors (Lipinski definition) is 0. The maximum atomic E-state index is 12.6. The molecule has 73 valence electrons. The highest BCUT2D eigenvalue weighted by molar-refractivity contribution is 8.00. The Morgan fingerprint density at radius 3 is 2.31 bits per heavy atom. The molecule has 0 aliphatic heterocycles. The van der Waals surface area contributed by atoms with Gasteiger partial charge >= 0.3 is 6.18 Å². The Labute approximate surface area is 79.9 Å². The molecule has 0 fully saturated rings. The van der Waals surface area contributed by atoms with E-state index in [9.17, 15) is 13.2 Å². The molecule has 4 heteroatoms. The van der Waals surface area contributed by atoms with Crippen molar-refractivity contribution in [2.24, 2.45) is 0 Å². The van der Waals surface area contributed by atoms with E-state index >= 15 is 0 Å². The van der Waals surface area contributed by atoms with Crippen LogP contribution in [0.15, 0.2) is 23.8 Å². The minimum Gasteiger partial charge on any atom is -0.169 e. The summed E-state index contributed by atoms with van der Waals surface area (Å²) in [5.41, 5.74) is 0.647. The van der Waals surface area contributed by atoms with Crippen LogP contribution in [-0.4, -0.2) is 17.2 Å². The van der Waals surface area contributed by atoms with Crippen molar-refractivity contribution in [3.63, 3.8) is 0 Å². The SMILES string of the molecule is CSC1(C(F)(F)F)C=C[CH]C(C)=C1. The monoisotopic (exact) mass is 207 g/mol. The Balaban J connectivity index is 3.06. The third-order valence-corrected chi connectivity index (χ3v) is 3.09. The van der Waals surface area contributed by atoms with E-state index in [2.05, 4.69) is 0 Å². The van der Waals surface area contributed by atoms with E-state index in [1.807, 2.05) is 0 Å². The van der Waals surface area contributed by atoms with Gasteiger partial charge in [-0.2, -0.15) is 13.2 Å². The van der Waals surface area contributed by atoms with Crippen LogP contribution in [0.25, 0.3) is 0 Å². The number of halogens is 3. The molecule has 1 radical (unpaired) electrons. The van der Waals surface area contributed by atoms with Gasteiger partial charge < -0.3 is 0 Å². The van der Waals surface area contributed by atoms with Gasteiger partial charge in [0.15, 0.2) is 0 Å². The minimum atomic E-state index is -4.22. The lowest BCUT2D eigenvalue weighted by molar-refractivity contribution is -0.137. The molecule has 0 amide bonds. The molecule has 0 aromatic rings. The van der Waals surface area contributed by atoms with Gasteiger partial charge in [0.25, 0.3) is 0 Å². The van der Waals surface area contributed by atoms with Crippen molar-refractivity contribution >= 4 is 11.8 Å². The van der Waals surface area contributed by atoms with Gasteiger partial charge in [-0.05, 0) is 13.2 Å². The topological polar surface area (TPSA) is 0 Å². The lowest BCUT2D eigenvalue weighted by Crippen LogP contribution is -2.39. The van der Waals surface area contributed by atoms with Crippen molar-refractivity contribution in [3.8, 4) is 0 Å². The molecule has 1 aliphatic rings. The summed E-state index contributed by atoms with van der Waals surface area (Å²) in [4.78, 5) is 0. The number of thioether (sulfide) groups is 1. The highest BCUT2D eigenvalue weighted by Gasteiger charge is 2.51. The zero-order chi connectivity index (χ0) is 10.1. The van der Waals surface area contributed by atoms with Gasteiger partial charge in [-0.3, -0.25) is 0 Å². The molecule has 0 saturated carbocycles. The van der Waals surface area contributed by atoms with Crippen LogP contribution in [0.5, 0.6) is 0 Å². The van der Waals surface area contributed by atoms with Crippen LogP contribution in [0.3, 0.4) is 0 Å². The second-order valence-electron chi connectivity index (χ2n) is 2.91. The fourth-order valence-electron chi connectivity index (χ4n) is 1.20. The van der Waals surface area contributed by atoms with E-state index in [0.717, 1.165) is 11.8 Å². The summed E-state index contributed by atoms with van der Waals surface area (Å²) in [6.07, 6.45) is 2.80. The third-order valence-electron chi connectivity index (χ3n) is 1.93. The summed E-state index contributed by atoms with van der Waals surface area (Å²) >= 11 is 0.796. The highest BCUT2D eigenvalue weighted by Crippen LogP contribution is 2.45. The van der Waals surface area contributed by atoms with E-state index < -0.39 is 10.9 Å². The smallest absolute Gasteiger partial charge is 0.169 e. The van der Waals surface area contributed by atoms with Crippen molar-refractivity contribution < 1.29 is 13.2 Å². The molecule has 1 atom stereocenters. The summed E-state index contributed by atoms with van der Waals surface area (Å²) in [6.45, 7) is 1.67.